The number of pyridine rings is 1. The molecule has 2 heterocycles. The SMILES string of the molecule is CN=C(NCCc1ccc(Cl)nc1)NCc1ccccc1N1CCOCC1.I. The van der Waals surface area contributed by atoms with Gasteiger partial charge in [-0.15, -0.1) is 24.0 Å². The lowest BCUT2D eigenvalue weighted by atomic mass is 10.1. The number of halogens is 2. The number of nitrogens with zero attached hydrogens (tertiary/aromatic N) is 3. The molecule has 28 heavy (non-hydrogen) atoms. The summed E-state index contributed by atoms with van der Waals surface area (Å²) < 4.78 is 5.47. The number of ether oxygens (including phenoxy) is 1. The second-order valence-electron chi connectivity index (χ2n) is 6.32. The van der Waals surface area contributed by atoms with Gasteiger partial charge in [0.05, 0.1) is 13.2 Å². The highest BCUT2D eigenvalue weighted by atomic mass is 127. The van der Waals surface area contributed by atoms with Gasteiger partial charge in [-0.25, -0.2) is 4.98 Å². The molecule has 2 N–H and O–H groups in total. The van der Waals surface area contributed by atoms with E-state index in [1.807, 2.05) is 12.1 Å². The Bertz CT molecular complexity index is 751. The maximum Gasteiger partial charge on any atom is 0.191 e. The van der Waals surface area contributed by atoms with Crippen LogP contribution in [0.5, 0.6) is 0 Å². The third-order valence-electron chi connectivity index (χ3n) is 4.51. The molecule has 1 aliphatic heterocycles. The Morgan fingerprint density at radius 2 is 1.96 bits per heavy atom. The molecule has 152 valence electrons. The Balaban J connectivity index is 0.00000280. The molecule has 0 unspecified atom stereocenters. The van der Waals surface area contributed by atoms with Crippen molar-refractivity contribution in [3.05, 3.63) is 58.9 Å². The molecule has 1 saturated heterocycles. The number of hydrogen-bond acceptors (Lipinski definition) is 4. The Morgan fingerprint density at radius 3 is 2.68 bits per heavy atom. The van der Waals surface area contributed by atoms with Gasteiger partial charge < -0.3 is 20.3 Å². The van der Waals surface area contributed by atoms with Crippen molar-refractivity contribution in [1.29, 1.82) is 0 Å². The van der Waals surface area contributed by atoms with Gasteiger partial charge in [0.1, 0.15) is 5.15 Å². The van der Waals surface area contributed by atoms with E-state index in [-0.39, 0.29) is 24.0 Å². The molecule has 0 aliphatic carbocycles. The predicted octanol–water partition coefficient (Wildman–Crippen LogP) is 3.10. The molecule has 1 aromatic carbocycles. The third kappa shape index (κ3) is 6.79. The van der Waals surface area contributed by atoms with Crippen LogP contribution in [0.2, 0.25) is 5.15 Å². The highest BCUT2D eigenvalue weighted by molar-refractivity contribution is 14.0. The fourth-order valence-corrected chi connectivity index (χ4v) is 3.16. The summed E-state index contributed by atoms with van der Waals surface area (Å²) >= 11 is 5.82. The number of rotatable bonds is 6. The van der Waals surface area contributed by atoms with E-state index in [9.17, 15) is 0 Å². The van der Waals surface area contributed by atoms with E-state index in [0.717, 1.165) is 57.3 Å². The normalized spacial score (nSPS) is 14.4. The molecule has 0 amide bonds. The molecule has 1 aromatic heterocycles. The van der Waals surface area contributed by atoms with Gasteiger partial charge in [0.15, 0.2) is 5.96 Å². The van der Waals surface area contributed by atoms with E-state index in [2.05, 4.69) is 49.8 Å². The lowest BCUT2D eigenvalue weighted by Gasteiger charge is -2.30. The molecule has 8 heteroatoms. The topological polar surface area (TPSA) is 61.8 Å². The Kier molecular flexibility index (Phi) is 9.80. The van der Waals surface area contributed by atoms with Crippen molar-refractivity contribution in [2.24, 2.45) is 4.99 Å². The molecular formula is C20H27ClIN5O. The van der Waals surface area contributed by atoms with Crippen LogP contribution in [0.15, 0.2) is 47.6 Å². The molecule has 1 fully saturated rings. The smallest absolute Gasteiger partial charge is 0.191 e. The summed E-state index contributed by atoms with van der Waals surface area (Å²) in [6, 6.07) is 12.3. The highest BCUT2D eigenvalue weighted by Crippen LogP contribution is 2.21. The second-order valence-corrected chi connectivity index (χ2v) is 6.71. The number of para-hydroxylation sites is 1. The van der Waals surface area contributed by atoms with Crippen LogP contribution in [-0.4, -0.2) is 50.8 Å². The van der Waals surface area contributed by atoms with Crippen molar-refractivity contribution in [2.75, 3.05) is 44.8 Å². The highest BCUT2D eigenvalue weighted by Gasteiger charge is 2.14. The molecule has 0 atom stereocenters. The number of morpholine rings is 1. The zero-order valence-electron chi connectivity index (χ0n) is 16.0. The molecule has 0 bridgehead atoms. The fourth-order valence-electron chi connectivity index (χ4n) is 3.05. The molecule has 0 radical (unpaired) electrons. The first-order valence-corrected chi connectivity index (χ1v) is 9.59. The van der Waals surface area contributed by atoms with E-state index >= 15 is 0 Å². The maximum atomic E-state index is 5.82. The van der Waals surface area contributed by atoms with E-state index in [1.54, 1.807) is 13.2 Å². The van der Waals surface area contributed by atoms with Gasteiger partial charge in [0.25, 0.3) is 0 Å². The maximum absolute atomic E-state index is 5.82. The lowest BCUT2D eigenvalue weighted by Crippen LogP contribution is -2.39. The van der Waals surface area contributed by atoms with Crippen LogP contribution in [0, 0.1) is 0 Å². The lowest BCUT2D eigenvalue weighted by molar-refractivity contribution is 0.122. The number of aliphatic imine (C=N–C) groups is 1. The van der Waals surface area contributed by atoms with Gasteiger partial charge in [0.2, 0.25) is 0 Å². The van der Waals surface area contributed by atoms with Crippen LogP contribution in [0.25, 0.3) is 0 Å². The molecule has 6 nitrogen and oxygen atoms in total. The number of nitrogens with one attached hydrogen (secondary N) is 2. The van der Waals surface area contributed by atoms with Crippen molar-refractivity contribution in [3.8, 4) is 0 Å². The standard InChI is InChI=1S/C20H26ClN5O.HI/c1-22-20(23-9-8-16-6-7-19(21)24-14-16)25-15-17-4-2-3-5-18(17)26-10-12-27-13-11-26;/h2-7,14H,8-13,15H2,1H3,(H2,22,23,25);1H. The summed E-state index contributed by atoms with van der Waals surface area (Å²) in [6.07, 6.45) is 2.66. The Labute approximate surface area is 188 Å². The molecule has 3 rings (SSSR count). The average Bonchev–Trinajstić information content (AvgIpc) is 2.73. The summed E-state index contributed by atoms with van der Waals surface area (Å²) in [7, 11) is 1.78. The fraction of sp³-hybridized carbons (Fsp3) is 0.400. The summed E-state index contributed by atoms with van der Waals surface area (Å²) in [5.41, 5.74) is 3.65. The van der Waals surface area contributed by atoms with Crippen LogP contribution >= 0.6 is 35.6 Å². The summed E-state index contributed by atoms with van der Waals surface area (Å²) in [6.45, 7) is 4.91. The Morgan fingerprint density at radius 1 is 1.18 bits per heavy atom. The Hall–Kier alpha value is -1.58. The minimum atomic E-state index is 0. The number of guanidine groups is 1. The second kappa shape index (κ2) is 12.1. The van der Waals surface area contributed by atoms with Crippen molar-refractivity contribution in [1.82, 2.24) is 15.6 Å². The van der Waals surface area contributed by atoms with E-state index < -0.39 is 0 Å². The molecular weight excluding hydrogens is 489 g/mol. The van der Waals surface area contributed by atoms with Crippen LogP contribution in [0.1, 0.15) is 11.1 Å². The zero-order valence-corrected chi connectivity index (χ0v) is 19.1. The number of anilines is 1. The van der Waals surface area contributed by atoms with E-state index in [1.165, 1.54) is 11.3 Å². The first-order valence-electron chi connectivity index (χ1n) is 9.22. The van der Waals surface area contributed by atoms with E-state index in [0.29, 0.717) is 5.15 Å². The van der Waals surface area contributed by atoms with Crippen molar-refractivity contribution >= 4 is 47.2 Å². The van der Waals surface area contributed by atoms with Crippen molar-refractivity contribution in [3.63, 3.8) is 0 Å². The van der Waals surface area contributed by atoms with Crippen molar-refractivity contribution < 1.29 is 4.74 Å². The van der Waals surface area contributed by atoms with Gasteiger partial charge >= 0.3 is 0 Å². The van der Waals surface area contributed by atoms with Gasteiger partial charge in [-0.3, -0.25) is 4.99 Å². The quantitative estimate of drug-likeness (QED) is 0.268. The van der Waals surface area contributed by atoms with Gasteiger partial charge in [-0.05, 0) is 29.7 Å². The largest absolute Gasteiger partial charge is 0.378 e. The summed E-state index contributed by atoms with van der Waals surface area (Å²) in [5.74, 6) is 0.786. The molecule has 0 saturated carbocycles. The first-order chi connectivity index (χ1) is 13.3. The molecule has 2 aromatic rings. The van der Waals surface area contributed by atoms with Gasteiger partial charge in [-0.1, -0.05) is 35.9 Å². The number of hydrogen-bond donors (Lipinski definition) is 2. The number of benzene rings is 1. The minimum absolute atomic E-state index is 0. The molecule has 0 spiro atoms. The van der Waals surface area contributed by atoms with Crippen molar-refractivity contribution in [2.45, 2.75) is 13.0 Å². The van der Waals surface area contributed by atoms with Crippen LogP contribution in [0.4, 0.5) is 5.69 Å². The van der Waals surface area contributed by atoms with Gasteiger partial charge in [0, 0.05) is 45.1 Å². The zero-order chi connectivity index (χ0) is 18.9. The first kappa shape index (κ1) is 22.7. The predicted molar refractivity (Wildman–Crippen MR) is 126 cm³/mol. The van der Waals surface area contributed by atoms with Gasteiger partial charge in [-0.2, -0.15) is 0 Å². The molecule has 1 aliphatic rings. The minimum Gasteiger partial charge on any atom is -0.378 e. The van der Waals surface area contributed by atoms with E-state index in [4.69, 9.17) is 16.3 Å². The van der Waals surface area contributed by atoms with Crippen LogP contribution in [0.3, 0.4) is 0 Å². The number of aromatic nitrogens is 1. The average molecular weight is 516 g/mol. The summed E-state index contributed by atoms with van der Waals surface area (Å²) in [5, 5.41) is 7.27. The van der Waals surface area contributed by atoms with Crippen LogP contribution in [-0.2, 0) is 17.7 Å². The third-order valence-corrected chi connectivity index (χ3v) is 4.73. The van der Waals surface area contributed by atoms with Crippen LogP contribution < -0.4 is 15.5 Å². The monoisotopic (exact) mass is 515 g/mol. The summed E-state index contributed by atoms with van der Waals surface area (Å²) in [4.78, 5) is 10.8.